The zero-order valence-corrected chi connectivity index (χ0v) is 13.0. The maximum absolute atomic E-state index is 12.7. The van der Waals surface area contributed by atoms with E-state index in [1.807, 2.05) is 19.9 Å². The molecular formula is C17H12Cl2O2. The molecule has 0 radical (unpaired) electrons. The number of ketones is 2. The number of halogens is 2. The largest absolute Gasteiger partial charge is 0.293 e. The van der Waals surface area contributed by atoms with Crippen LogP contribution in [0.25, 0.3) is 0 Å². The second-order valence-corrected chi connectivity index (χ2v) is 6.12. The average Bonchev–Trinajstić information content (AvgIpc) is 2.63. The van der Waals surface area contributed by atoms with Gasteiger partial charge in [-0.2, -0.15) is 0 Å². The number of fused-ring (bicyclic) bond motifs is 1. The highest BCUT2D eigenvalue weighted by Gasteiger charge is 2.42. The fourth-order valence-electron chi connectivity index (χ4n) is 2.96. The van der Waals surface area contributed by atoms with Crippen molar-refractivity contribution in [3.8, 4) is 0 Å². The first-order valence-corrected chi connectivity index (χ1v) is 7.31. The smallest absolute Gasteiger partial charge is 0.179 e. The van der Waals surface area contributed by atoms with Gasteiger partial charge in [0.1, 0.15) is 5.92 Å². The number of carbonyl (C=O) groups is 2. The van der Waals surface area contributed by atoms with E-state index in [1.165, 1.54) is 0 Å². The standard InChI is InChI=1S/C17H12Cl2O2/c1-8-6-9(2)13-10(7-8)16(20)15(17(13)21)14-11(18)4-3-5-12(14)19/h3-7,15H,1-2H3. The molecule has 21 heavy (non-hydrogen) atoms. The van der Waals surface area contributed by atoms with E-state index in [9.17, 15) is 9.59 Å². The van der Waals surface area contributed by atoms with Gasteiger partial charge in [-0.05, 0) is 37.6 Å². The van der Waals surface area contributed by atoms with Gasteiger partial charge in [-0.1, -0.05) is 40.9 Å². The lowest BCUT2D eigenvalue weighted by Gasteiger charge is -2.11. The quantitative estimate of drug-likeness (QED) is 0.709. The van der Waals surface area contributed by atoms with Gasteiger partial charge in [0.2, 0.25) is 0 Å². The highest BCUT2D eigenvalue weighted by Crippen LogP contribution is 2.41. The zero-order valence-electron chi connectivity index (χ0n) is 11.5. The Morgan fingerprint density at radius 2 is 1.57 bits per heavy atom. The molecular weight excluding hydrogens is 307 g/mol. The number of hydrogen-bond donors (Lipinski definition) is 0. The predicted octanol–water partition coefficient (Wildman–Crippen LogP) is 4.77. The minimum atomic E-state index is -0.929. The number of hydrogen-bond acceptors (Lipinski definition) is 2. The van der Waals surface area contributed by atoms with Crippen LogP contribution in [-0.2, 0) is 0 Å². The molecule has 0 heterocycles. The number of Topliss-reactive ketones (excluding diaryl/α,β-unsaturated/α-hetero) is 2. The Morgan fingerprint density at radius 1 is 0.952 bits per heavy atom. The van der Waals surface area contributed by atoms with Crippen LogP contribution in [0, 0.1) is 13.8 Å². The van der Waals surface area contributed by atoms with Crippen molar-refractivity contribution in [2.24, 2.45) is 0 Å². The molecule has 1 aliphatic carbocycles. The topological polar surface area (TPSA) is 34.1 Å². The van der Waals surface area contributed by atoms with Gasteiger partial charge in [0.05, 0.1) is 0 Å². The Labute approximate surface area is 132 Å². The molecule has 1 aliphatic rings. The van der Waals surface area contributed by atoms with E-state index in [0.717, 1.165) is 11.1 Å². The second-order valence-electron chi connectivity index (χ2n) is 5.30. The molecule has 1 atom stereocenters. The summed E-state index contributed by atoms with van der Waals surface area (Å²) in [4.78, 5) is 25.4. The molecule has 3 rings (SSSR count). The SMILES string of the molecule is Cc1cc(C)c2c(c1)C(=O)C(c1c(Cl)cccc1Cl)C2=O. The Bertz CT molecular complexity index is 773. The van der Waals surface area contributed by atoms with Crippen molar-refractivity contribution in [3.05, 3.63) is 68.2 Å². The van der Waals surface area contributed by atoms with Crippen molar-refractivity contribution >= 4 is 34.8 Å². The van der Waals surface area contributed by atoms with Crippen LogP contribution in [0.5, 0.6) is 0 Å². The van der Waals surface area contributed by atoms with E-state index < -0.39 is 5.92 Å². The maximum Gasteiger partial charge on any atom is 0.179 e. The van der Waals surface area contributed by atoms with Gasteiger partial charge in [0.15, 0.2) is 11.6 Å². The predicted molar refractivity (Wildman–Crippen MR) is 83.8 cm³/mol. The van der Waals surface area contributed by atoms with Gasteiger partial charge in [-0.15, -0.1) is 0 Å². The summed E-state index contributed by atoms with van der Waals surface area (Å²) in [7, 11) is 0. The Hall–Kier alpha value is -1.64. The normalized spacial score (nSPS) is 17.2. The molecule has 2 nitrogen and oxygen atoms in total. The van der Waals surface area contributed by atoms with Crippen LogP contribution in [-0.4, -0.2) is 11.6 Å². The molecule has 0 aliphatic heterocycles. The van der Waals surface area contributed by atoms with Gasteiger partial charge in [-0.25, -0.2) is 0 Å². The summed E-state index contributed by atoms with van der Waals surface area (Å²) in [5.74, 6) is -1.37. The molecule has 2 aromatic rings. The van der Waals surface area contributed by atoms with Crippen molar-refractivity contribution in [2.75, 3.05) is 0 Å². The van der Waals surface area contributed by atoms with Gasteiger partial charge in [0.25, 0.3) is 0 Å². The minimum absolute atomic E-state index is 0.220. The first-order valence-electron chi connectivity index (χ1n) is 6.55. The first-order chi connectivity index (χ1) is 9.91. The van der Waals surface area contributed by atoms with Gasteiger partial charge in [-0.3, -0.25) is 9.59 Å². The molecule has 0 spiro atoms. The summed E-state index contributed by atoms with van der Waals surface area (Å²) < 4.78 is 0. The summed E-state index contributed by atoms with van der Waals surface area (Å²) in [6, 6.07) is 8.64. The molecule has 0 aromatic heterocycles. The van der Waals surface area contributed by atoms with Crippen LogP contribution in [0.3, 0.4) is 0 Å². The highest BCUT2D eigenvalue weighted by molar-refractivity contribution is 6.39. The van der Waals surface area contributed by atoms with E-state index in [-0.39, 0.29) is 11.6 Å². The number of carbonyl (C=O) groups excluding carboxylic acids is 2. The zero-order chi connectivity index (χ0) is 15.3. The van der Waals surface area contributed by atoms with Crippen molar-refractivity contribution in [1.82, 2.24) is 0 Å². The number of benzene rings is 2. The molecule has 0 saturated carbocycles. The third kappa shape index (κ3) is 2.10. The Morgan fingerprint density at radius 3 is 2.19 bits per heavy atom. The van der Waals surface area contributed by atoms with E-state index in [1.54, 1.807) is 24.3 Å². The van der Waals surface area contributed by atoms with Gasteiger partial charge in [0, 0.05) is 26.7 Å². The van der Waals surface area contributed by atoms with Crippen LogP contribution < -0.4 is 0 Å². The van der Waals surface area contributed by atoms with Crippen LogP contribution in [0.2, 0.25) is 10.0 Å². The lowest BCUT2D eigenvalue weighted by molar-refractivity contribution is 0.0890. The highest BCUT2D eigenvalue weighted by atomic mass is 35.5. The van der Waals surface area contributed by atoms with Gasteiger partial charge >= 0.3 is 0 Å². The molecule has 1 unspecified atom stereocenters. The van der Waals surface area contributed by atoms with Crippen molar-refractivity contribution in [1.29, 1.82) is 0 Å². The summed E-state index contributed by atoms with van der Waals surface area (Å²) in [5, 5.41) is 0.688. The van der Waals surface area contributed by atoms with Crippen LogP contribution in [0.1, 0.15) is 43.3 Å². The molecule has 0 amide bonds. The summed E-state index contributed by atoms with van der Waals surface area (Å²) in [5.41, 5.74) is 3.14. The molecule has 0 bridgehead atoms. The van der Waals surface area contributed by atoms with E-state index in [4.69, 9.17) is 23.2 Å². The fourth-order valence-corrected chi connectivity index (χ4v) is 3.57. The number of rotatable bonds is 1. The summed E-state index contributed by atoms with van der Waals surface area (Å²) in [6.07, 6.45) is 0. The second kappa shape index (κ2) is 4.97. The summed E-state index contributed by atoms with van der Waals surface area (Å²) in [6.45, 7) is 3.74. The molecule has 0 saturated heterocycles. The van der Waals surface area contributed by atoms with E-state index in [0.29, 0.717) is 26.7 Å². The molecule has 4 heteroatoms. The van der Waals surface area contributed by atoms with Crippen molar-refractivity contribution in [2.45, 2.75) is 19.8 Å². The minimum Gasteiger partial charge on any atom is -0.293 e. The van der Waals surface area contributed by atoms with E-state index >= 15 is 0 Å². The van der Waals surface area contributed by atoms with Crippen LogP contribution >= 0.6 is 23.2 Å². The lowest BCUT2D eigenvalue weighted by atomic mass is 9.94. The van der Waals surface area contributed by atoms with E-state index in [2.05, 4.69) is 0 Å². The monoisotopic (exact) mass is 318 g/mol. The summed E-state index contributed by atoms with van der Waals surface area (Å²) >= 11 is 12.3. The van der Waals surface area contributed by atoms with Gasteiger partial charge < -0.3 is 0 Å². The molecule has 0 N–H and O–H groups in total. The average molecular weight is 319 g/mol. The van der Waals surface area contributed by atoms with Crippen molar-refractivity contribution < 1.29 is 9.59 Å². The Balaban J connectivity index is 2.24. The van der Waals surface area contributed by atoms with Crippen LogP contribution in [0.15, 0.2) is 30.3 Å². The van der Waals surface area contributed by atoms with Crippen LogP contribution in [0.4, 0.5) is 0 Å². The third-order valence-corrected chi connectivity index (χ3v) is 4.46. The Kier molecular flexibility index (Phi) is 3.39. The van der Waals surface area contributed by atoms with Crippen molar-refractivity contribution in [3.63, 3.8) is 0 Å². The molecule has 2 aromatic carbocycles. The first kappa shape index (κ1) is 14.3. The third-order valence-electron chi connectivity index (χ3n) is 3.80. The maximum atomic E-state index is 12.7. The molecule has 106 valence electrons. The fraction of sp³-hybridized carbons (Fsp3) is 0.176. The number of aryl methyl sites for hydroxylation is 2. The lowest BCUT2D eigenvalue weighted by Crippen LogP contribution is -2.14. The molecule has 0 fully saturated rings.